The third-order valence-corrected chi connectivity index (χ3v) is 2.48. The number of hydrogen-bond donors (Lipinski definition) is 0. The van der Waals surface area contributed by atoms with E-state index in [-0.39, 0.29) is 0 Å². The van der Waals surface area contributed by atoms with Gasteiger partial charge in [0.1, 0.15) is 18.1 Å². The monoisotopic (exact) mass is 229 g/mol. The topological polar surface area (TPSA) is 31.4 Å². The molecule has 0 aliphatic rings. The molecule has 0 atom stereocenters. The molecule has 1 heterocycles. The highest BCUT2D eigenvalue weighted by atomic mass is 16.5. The number of aryl methyl sites for hydroxylation is 1. The zero-order valence-corrected chi connectivity index (χ0v) is 10.0. The Hall–Kier alpha value is -2.03. The molecule has 88 valence electrons. The van der Waals surface area contributed by atoms with E-state index in [0.717, 1.165) is 22.8 Å². The van der Waals surface area contributed by atoms with Crippen LogP contribution < -0.4 is 9.47 Å². The van der Waals surface area contributed by atoms with Crippen molar-refractivity contribution in [2.24, 2.45) is 0 Å². The third kappa shape index (κ3) is 2.97. The lowest BCUT2D eigenvalue weighted by Crippen LogP contribution is -1.98. The normalized spacial score (nSPS) is 10.0. The first-order valence-electron chi connectivity index (χ1n) is 5.47. The van der Waals surface area contributed by atoms with Crippen LogP contribution in [0.4, 0.5) is 0 Å². The van der Waals surface area contributed by atoms with Crippen molar-refractivity contribution in [1.29, 1.82) is 0 Å². The number of rotatable bonds is 4. The molecule has 3 heteroatoms. The third-order valence-electron chi connectivity index (χ3n) is 2.48. The Kier molecular flexibility index (Phi) is 3.60. The molecule has 17 heavy (non-hydrogen) atoms. The smallest absolute Gasteiger partial charge is 0.130 e. The first kappa shape index (κ1) is 11.5. The molecule has 0 amide bonds. The fraction of sp³-hybridized carbons (Fsp3) is 0.214. The summed E-state index contributed by atoms with van der Waals surface area (Å²) in [7, 11) is 1.66. The van der Waals surface area contributed by atoms with Crippen molar-refractivity contribution < 1.29 is 9.47 Å². The Labute approximate surface area is 101 Å². The maximum Gasteiger partial charge on any atom is 0.130 e. The second-order valence-electron chi connectivity index (χ2n) is 3.74. The van der Waals surface area contributed by atoms with Crippen molar-refractivity contribution in [3.05, 3.63) is 53.9 Å². The van der Waals surface area contributed by atoms with E-state index in [9.17, 15) is 0 Å². The van der Waals surface area contributed by atoms with Gasteiger partial charge in [0.25, 0.3) is 0 Å². The van der Waals surface area contributed by atoms with E-state index < -0.39 is 0 Å². The summed E-state index contributed by atoms with van der Waals surface area (Å²) in [4.78, 5) is 4.20. The average Bonchev–Trinajstić information content (AvgIpc) is 2.38. The Morgan fingerprint density at radius 2 is 2.06 bits per heavy atom. The summed E-state index contributed by atoms with van der Waals surface area (Å²) >= 11 is 0. The molecule has 0 saturated heterocycles. The van der Waals surface area contributed by atoms with Gasteiger partial charge >= 0.3 is 0 Å². The molecule has 0 aliphatic heterocycles. The second-order valence-corrected chi connectivity index (χ2v) is 3.74. The summed E-state index contributed by atoms with van der Waals surface area (Å²) in [6.07, 6.45) is 1.76. The van der Waals surface area contributed by atoms with Crippen LogP contribution in [0.3, 0.4) is 0 Å². The van der Waals surface area contributed by atoms with Crippen molar-refractivity contribution in [3.8, 4) is 11.5 Å². The van der Waals surface area contributed by atoms with Gasteiger partial charge in [-0.05, 0) is 42.8 Å². The van der Waals surface area contributed by atoms with Crippen LogP contribution in [0.15, 0.2) is 42.6 Å². The lowest BCUT2D eigenvalue weighted by molar-refractivity contribution is 0.300. The molecule has 0 aliphatic carbocycles. The fourth-order valence-corrected chi connectivity index (χ4v) is 1.58. The number of methoxy groups -OCH3 is 1. The van der Waals surface area contributed by atoms with Crippen molar-refractivity contribution in [1.82, 2.24) is 4.98 Å². The minimum absolute atomic E-state index is 0.479. The zero-order chi connectivity index (χ0) is 12.1. The summed E-state index contributed by atoms with van der Waals surface area (Å²) in [6.45, 7) is 2.47. The number of ether oxygens (including phenoxy) is 2. The molecule has 1 aromatic heterocycles. The molecule has 0 radical (unpaired) electrons. The fourth-order valence-electron chi connectivity index (χ4n) is 1.58. The van der Waals surface area contributed by atoms with Crippen molar-refractivity contribution in [2.75, 3.05) is 7.11 Å². The van der Waals surface area contributed by atoms with Gasteiger partial charge in [0.2, 0.25) is 0 Å². The van der Waals surface area contributed by atoms with E-state index in [1.165, 1.54) is 0 Å². The standard InChI is InChI=1S/C14H15NO2/c1-11-9-13(6-7-14(11)16-2)17-10-12-5-3-4-8-15-12/h3-9H,10H2,1-2H3. The minimum atomic E-state index is 0.479. The highest BCUT2D eigenvalue weighted by Gasteiger charge is 2.01. The van der Waals surface area contributed by atoms with Gasteiger partial charge in [0.15, 0.2) is 0 Å². The zero-order valence-electron chi connectivity index (χ0n) is 10.0. The van der Waals surface area contributed by atoms with Gasteiger partial charge < -0.3 is 9.47 Å². The maximum atomic E-state index is 5.65. The summed E-state index contributed by atoms with van der Waals surface area (Å²) in [6, 6.07) is 11.5. The largest absolute Gasteiger partial charge is 0.496 e. The molecule has 0 bridgehead atoms. The van der Waals surface area contributed by atoms with E-state index in [0.29, 0.717) is 6.61 Å². The summed E-state index contributed by atoms with van der Waals surface area (Å²) in [5.74, 6) is 1.70. The quantitative estimate of drug-likeness (QED) is 0.807. The number of aromatic nitrogens is 1. The molecule has 2 aromatic rings. The van der Waals surface area contributed by atoms with E-state index in [2.05, 4.69) is 4.98 Å². The van der Waals surface area contributed by atoms with Crippen LogP contribution in [0.5, 0.6) is 11.5 Å². The van der Waals surface area contributed by atoms with Gasteiger partial charge in [-0.1, -0.05) is 6.07 Å². The number of nitrogens with zero attached hydrogens (tertiary/aromatic N) is 1. The Balaban J connectivity index is 2.02. The molecule has 2 rings (SSSR count). The van der Waals surface area contributed by atoms with Crippen LogP contribution in [0, 0.1) is 6.92 Å². The Bertz CT molecular complexity index is 483. The van der Waals surface area contributed by atoms with E-state index in [1.807, 2.05) is 43.3 Å². The molecule has 3 nitrogen and oxygen atoms in total. The van der Waals surface area contributed by atoms with Crippen molar-refractivity contribution in [2.45, 2.75) is 13.5 Å². The van der Waals surface area contributed by atoms with Gasteiger partial charge in [-0.2, -0.15) is 0 Å². The van der Waals surface area contributed by atoms with Gasteiger partial charge in [0, 0.05) is 6.20 Å². The SMILES string of the molecule is COc1ccc(OCc2ccccn2)cc1C. The van der Waals surface area contributed by atoms with Crippen LogP contribution in [0.1, 0.15) is 11.3 Å². The van der Waals surface area contributed by atoms with Crippen LogP contribution >= 0.6 is 0 Å². The number of hydrogen-bond acceptors (Lipinski definition) is 3. The van der Waals surface area contributed by atoms with E-state index in [4.69, 9.17) is 9.47 Å². The average molecular weight is 229 g/mol. The molecule has 0 saturated carbocycles. The lowest BCUT2D eigenvalue weighted by atomic mass is 10.2. The van der Waals surface area contributed by atoms with Crippen LogP contribution in [-0.2, 0) is 6.61 Å². The minimum Gasteiger partial charge on any atom is -0.496 e. The van der Waals surface area contributed by atoms with Crippen molar-refractivity contribution >= 4 is 0 Å². The van der Waals surface area contributed by atoms with Gasteiger partial charge in [0.05, 0.1) is 12.8 Å². The van der Waals surface area contributed by atoms with E-state index in [1.54, 1.807) is 13.3 Å². The highest BCUT2D eigenvalue weighted by molar-refractivity contribution is 5.39. The number of pyridine rings is 1. The van der Waals surface area contributed by atoms with Crippen LogP contribution in [0.2, 0.25) is 0 Å². The van der Waals surface area contributed by atoms with Gasteiger partial charge in [-0.15, -0.1) is 0 Å². The number of benzene rings is 1. The molecule has 1 aromatic carbocycles. The molecule has 0 spiro atoms. The van der Waals surface area contributed by atoms with Crippen LogP contribution in [-0.4, -0.2) is 12.1 Å². The molecular weight excluding hydrogens is 214 g/mol. The molecular formula is C14H15NO2. The summed E-state index contributed by atoms with van der Waals surface area (Å²) in [5.41, 5.74) is 1.98. The Morgan fingerprint density at radius 1 is 1.18 bits per heavy atom. The molecule has 0 N–H and O–H groups in total. The summed E-state index contributed by atoms with van der Waals surface area (Å²) < 4.78 is 10.8. The maximum absolute atomic E-state index is 5.65. The predicted octanol–water partition coefficient (Wildman–Crippen LogP) is 2.98. The Morgan fingerprint density at radius 3 is 2.71 bits per heavy atom. The van der Waals surface area contributed by atoms with Crippen LogP contribution in [0.25, 0.3) is 0 Å². The highest BCUT2D eigenvalue weighted by Crippen LogP contribution is 2.23. The predicted molar refractivity (Wildman–Crippen MR) is 66.3 cm³/mol. The van der Waals surface area contributed by atoms with E-state index >= 15 is 0 Å². The first-order valence-corrected chi connectivity index (χ1v) is 5.47. The first-order chi connectivity index (χ1) is 8.29. The van der Waals surface area contributed by atoms with Crippen molar-refractivity contribution in [3.63, 3.8) is 0 Å². The summed E-state index contributed by atoms with van der Waals surface area (Å²) in [5, 5.41) is 0. The molecule has 0 unspecified atom stereocenters. The molecule has 0 fully saturated rings. The van der Waals surface area contributed by atoms with Gasteiger partial charge in [-0.25, -0.2) is 0 Å². The lowest BCUT2D eigenvalue weighted by Gasteiger charge is -2.09. The second kappa shape index (κ2) is 5.34. The van der Waals surface area contributed by atoms with Gasteiger partial charge in [-0.3, -0.25) is 4.98 Å².